The predicted octanol–water partition coefficient (Wildman–Crippen LogP) is 14.8. The van der Waals surface area contributed by atoms with Crippen LogP contribution >= 0.6 is 0 Å². The monoisotopic (exact) mass is 853 g/mol. The Hall–Kier alpha value is -5.48. The lowest BCUT2D eigenvalue weighted by Gasteiger charge is -2.46. The average molecular weight is 853 g/mol. The van der Waals surface area contributed by atoms with Gasteiger partial charge in [0.15, 0.2) is 0 Å². The summed E-state index contributed by atoms with van der Waals surface area (Å²) < 4.78 is 7.62. The van der Waals surface area contributed by atoms with Crippen molar-refractivity contribution in [1.29, 1.82) is 0 Å². The molecule has 2 aliphatic heterocycles. The summed E-state index contributed by atoms with van der Waals surface area (Å²) in [5.74, 6) is 0. The first kappa shape index (κ1) is 41.0. The molecule has 6 aromatic carbocycles. The highest BCUT2D eigenvalue weighted by atomic mass is 16.3. The third kappa shape index (κ3) is 5.55. The van der Waals surface area contributed by atoms with E-state index >= 15 is 0 Å². The second-order valence-electron chi connectivity index (χ2n) is 24.7. The third-order valence-corrected chi connectivity index (χ3v) is 17.3. The van der Waals surface area contributed by atoms with Crippen molar-refractivity contribution in [3.8, 4) is 11.1 Å². The highest BCUT2D eigenvalue weighted by Crippen LogP contribution is 2.57. The van der Waals surface area contributed by atoms with Crippen LogP contribution in [0, 0.1) is 0 Å². The topological polar surface area (TPSA) is 19.6 Å². The number of nitrogens with zero attached hydrogens (tertiary/aromatic N) is 2. The summed E-state index contributed by atoms with van der Waals surface area (Å²) in [6.45, 7) is 31.3. The first-order valence-corrected chi connectivity index (χ1v) is 24.5. The largest absolute Gasteiger partial charge is 0.468 e. The lowest BCUT2D eigenvalue weighted by Crippen LogP contribution is -2.61. The van der Waals surface area contributed by atoms with Gasteiger partial charge in [0.1, 0.15) is 5.58 Å². The number of rotatable bonds is 2. The van der Waals surface area contributed by atoms with Gasteiger partial charge in [-0.3, -0.25) is 0 Å². The fourth-order valence-corrected chi connectivity index (χ4v) is 13.1. The van der Waals surface area contributed by atoms with Crippen molar-refractivity contribution < 1.29 is 4.42 Å². The minimum atomic E-state index is -0.122. The number of hydrogen-bond donors (Lipinski definition) is 0. The number of anilines is 6. The van der Waals surface area contributed by atoms with Gasteiger partial charge in [0, 0.05) is 39.1 Å². The van der Waals surface area contributed by atoms with E-state index in [1.54, 1.807) is 0 Å². The van der Waals surface area contributed by atoms with Crippen molar-refractivity contribution in [1.82, 2.24) is 0 Å². The van der Waals surface area contributed by atoms with Crippen molar-refractivity contribution in [2.45, 2.75) is 148 Å². The molecule has 1 aromatic heterocycles. The van der Waals surface area contributed by atoms with Crippen molar-refractivity contribution >= 4 is 68.4 Å². The SMILES string of the molecule is CC(C)(C)c1ccc(N2c3cccc4c3B(c3cc5c(cc3N4c3cccc4c3-c3ccccc3C4(C)C)C(C)(C)CCC5(C)C)c3oc4cc5c(cc4c32)C(C)(C)CCC5(C)C)cc1. The van der Waals surface area contributed by atoms with Crippen LogP contribution in [0.4, 0.5) is 34.1 Å². The van der Waals surface area contributed by atoms with Gasteiger partial charge < -0.3 is 14.2 Å². The van der Waals surface area contributed by atoms with Crippen molar-refractivity contribution in [2.75, 3.05) is 9.80 Å². The number of furan rings is 1. The van der Waals surface area contributed by atoms with E-state index in [2.05, 4.69) is 209 Å². The molecule has 0 spiro atoms. The molecule has 3 nitrogen and oxygen atoms in total. The van der Waals surface area contributed by atoms with Crippen LogP contribution in [0.2, 0.25) is 0 Å². The fourth-order valence-electron chi connectivity index (χ4n) is 13.1. The second kappa shape index (κ2) is 12.9. The molecule has 0 saturated carbocycles. The highest BCUT2D eigenvalue weighted by molar-refractivity contribution is 7.00. The Morgan fingerprint density at radius 2 is 1.05 bits per heavy atom. The van der Waals surface area contributed by atoms with Crippen LogP contribution in [-0.4, -0.2) is 6.71 Å². The van der Waals surface area contributed by atoms with Gasteiger partial charge in [-0.05, 0) is 157 Å². The molecule has 0 bridgehead atoms. The molecule has 0 unspecified atom stereocenters. The van der Waals surface area contributed by atoms with Crippen LogP contribution in [0.25, 0.3) is 22.1 Å². The smallest absolute Gasteiger partial charge is 0.297 e. The number of benzene rings is 6. The number of fused-ring (bicyclic) bond motifs is 11. The Morgan fingerprint density at radius 1 is 0.508 bits per heavy atom. The van der Waals surface area contributed by atoms with Crippen molar-refractivity contribution in [3.05, 3.63) is 148 Å². The minimum absolute atomic E-state index is 0.0316. The van der Waals surface area contributed by atoms with E-state index in [0.717, 1.165) is 42.6 Å². The summed E-state index contributed by atoms with van der Waals surface area (Å²) in [5.41, 5.74) is 24.8. The highest BCUT2D eigenvalue weighted by Gasteiger charge is 2.50. The zero-order chi connectivity index (χ0) is 45.5. The van der Waals surface area contributed by atoms with Gasteiger partial charge in [-0.25, -0.2) is 0 Å². The predicted molar refractivity (Wildman–Crippen MR) is 277 cm³/mol. The Bertz CT molecular complexity index is 3180. The molecule has 12 rings (SSSR count). The van der Waals surface area contributed by atoms with E-state index in [0.29, 0.717) is 0 Å². The molecular weight excluding hydrogens is 787 g/mol. The average Bonchev–Trinajstić information content (AvgIpc) is 3.75. The first-order valence-electron chi connectivity index (χ1n) is 24.5. The zero-order valence-electron chi connectivity index (χ0n) is 41.1. The summed E-state index contributed by atoms with van der Waals surface area (Å²) >= 11 is 0. The lowest BCUT2D eigenvalue weighted by molar-refractivity contribution is 0.332. The van der Waals surface area contributed by atoms with Crippen LogP contribution in [0.5, 0.6) is 0 Å². The van der Waals surface area contributed by atoms with Crippen molar-refractivity contribution in [3.63, 3.8) is 0 Å². The molecule has 4 heteroatoms. The van der Waals surface area contributed by atoms with E-state index in [-0.39, 0.29) is 39.2 Å². The van der Waals surface area contributed by atoms with E-state index in [1.165, 1.54) is 94.8 Å². The molecule has 7 aromatic rings. The summed E-state index contributed by atoms with van der Waals surface area (Å²) in [6, 6.07) is 42.9. The summed E-state index contributed by atoms with van der Waals surface area (Å²) in [7, 11) is 0. The van der Waals surface area contributed by atoms with Crippen LogP contribution in [0.15, 0.2) is 114 Å². The van der Waals surface area contributed by atoms with E-state index in [4.69, 9.17) is 4.42 Å². The molecule has 3 aliphatic carbocycles. The molecule has 0 radical (unpaired) electrons. The maximum absolute atomic E-state index is 7.62. The lowest BCUT2D eigenvalue weighted by atomic mass is 9.35. The van der Waals surface area contributed by atoms with Gasteiger partial charge in [-0.2, -0.15) is 0 Å². The molecule has 0 amide bonds. The van der Waals surface area contributed by atoms with Gasteiger partial charge in [-0.1, -0.05) is 151 Å². The number of hydrogen-bond acceptors (Lipinski definition) is 3. The second-order valence-corrected chi connectivity index (χ2v) is 24.7. The normalized spacial score (nSPS) is 19.7. The molecule has 0 fully saturated rings. The first-order chi connectivity index (χ1) is 30.6. The molecule has 5 aliphatic rings. The molecule has 0 saturated heterocycles. The maximum atomic E-state index is 7.62. The van der Waals surface area contributed by atoms with Crippen LogP contribution < -0.4 is 26.4 Å². The van der Waals surface area contributed by atoms with E-state index < -0.39 is 0 Å². The Labute approximate surface area is 388 Å². The standard InChI is InChI=1S/C61H65BN2O/c1-56(2,3)36-24-26-37(27-25-36)63-48-22-17-23-49-53(48)62(55-54(63)39-32-42-45(35-51(39)65-55)60(10,11)31-28-57(42,4)5)46-33-43-44(59(8,9)30-29-58(43,6)7)34-50(46)64(49)47-21-16-20-41-52(47)38-18-14-15-19-40(38)61(41,12)13/h14-27,32-35H,28-31H2,1-13H3. The molecule has 0 N–H and O–H groups in total. The van der Waals surface area contributed by atoms with E-state index in [1.807, 2.05) is 0 Å². The van der Waals surface area contributed by atoms with Gasteiger partial charge in [0.2, 0.25) is 0 Å². The van der Waals surface area contributed by atoms with Crippen molar-refractivity contribution in [2.24, 2.45) is 0 Å². The molecule has 0 atom stereocenters. The minimum Gasteiger partial charge on any atom is -0.468 e. The van der Waals surface area contributed by atoms with Gasteiger partial charge >= 0.3 is 0 Å². The molecule has 3 heterocycles. The maximum Gasteiger partial charge on any atom is 0.297 e. The van der Waals surface area contributed by atoms with Crippen LogP contribution in [0.1, 0.15) is 155 Å². The quantitative estimate of drug-likeness (QED) is 0.162. The van der Waals surface area contributed by atoms with Gasteiger partial charge in [-0.15, -0.1) is 0 Å². The summed E-state index contributed by atoms with van der Waals surface area (Å²) in [5, 5.41) is 1.21. The Morgan fingerprint density at radius 3 is 1.69 bits per heavy atom. The van der Waals surface area contributed by atoms with Crippen LogP contribution in [0.3, 0.4) is 0 Å². The Balaban J connectivity index is 1.21. The molecular formula is C61H65BN2O. The summed E-state index contributed by atoms with van der Waals surface area (Å²) in [6.07, 6.45) is 4.64. The van der Waals surface area contributed by atoms with E-state index in [9.17, 15) is 0 Å². The molecule has 65 heavy (non-hydrogen) atoms. The van der Waals surface area contributed by atoms with Crippen LogP contribution in [-0.2, 0) is 32.5 Å². The third-order valence-electron chi connectivity index (χ3n) is 17.3. The zero-order valence-corrected chi connectivity index (χ0v) is 41.1. The Kier molecular flexibility index (Phi) is 8.14. The molecule has 328 valence electrons. The van der Waals surface area contributed by atoms with Gasteiger partial charge in [0.05, 0.1) is 17.0 Å². The summed E-state index contributed by atoms with van der Waals surface area (Å²) in [4.78, 5) is 5.23. The van der Waals surface area contributed by atoms with Gasteiger partial charge in [0.25, 0.3) is 6.71 Å². The fraction of sp³-hybridized carbons (Fsp3) is 0.377.